The molecule has 1 nitrogen and oxygen atoms in total. The van der Waals surface area contributed by atoms with E-state index < -0.39 is 19.2 Å². The standard InChI is InChI=1S/C25H27GeN/c1-17(2)23-15-25(27-16-24(23)26(3,4)5)20-12-13-22-19(14-20)11-10-18-8-6-7-9-21(18)22/h6-17H,1-5H3/i17D. The van der Waals surface area contributed by atoms with Crippen LogP contribution in [0.5, 0.6) is 0 Å². The van der Waals surface area contributed by atoms with Crippen molar-refractivity contribution in [2.24, 2.45) is 0 Å². The van der Waals surface area contributed by atoms with Gasteiger partial charge >= 0.3 is 166 Å². The molecule has 0 saturated heterocycles. The molecule has 3 aromatic carbocycles. The normalized spacial score (nSPS) is 13.1. The van der Waals surface area contributed by atoms with Crippen LogP contribution in [0.1, 0.15) is 26.7 Å². The number of rotatable bonds is 3. The number of benzene rings is 3. The summed E-state index contributed by atoms with van der Waals surface area (Å²) in [5.74, 6) is 6.48. The molecule has 0 saturated carbocycles. The van der Waals surface area contributed by atoms with E-state index in [2.05, 4.69) is 77.9 Å². The van der Waals surface area contributed by atoms with E-state index in [-0.39, 0.29) is 0 Å². The molecule has 1 aromatic heterocycles. The number of hydrogen-bond donors (Lipinski definition) is 0. The molecule has 0 aliphatic heterocycles. The van der Waals surface area contributed by atoms with Crippen LogP contribution in [0.15, 0.2) is 66.9 Å². The summed E-state index contributed by atoms with van der Waals surface area (Å²) in [6.45, 7) is 3.96. The minimum atomic E-state index is -2.10. The van der Waals surface area contributed by atoms with Crippen molar-refractivity contribution in [1.82, 2.24) is 4.98 Å². The fourth-order valence-corrected chi connectivity index (χ4v) is 7.12. The molecule has 0 aliphatic rings. The molecule has 4 rings (SSSR count). The molecular weight excluding hydrogens is 387 g/mol. The number of hydrogen-bond acceptors (Lipinski definition) is 1. The van der Waals surface area contributed by atoms with Gasteiger partial charge in [-0.15, -0.1) is 0 Å². The second kappa shape index (κ2) is 6.79. The van der Waals surface area contributed by atoms with E-state index in [1.54, 1.807) is 0 Å². The molecule has 0 amide bonds. The van der Waals surface area contributed by atoms with Gasteiger partial charge in [0.1, 0.15) is 0 Å². The van der Waals surface area contributed by atoms with Gasteiger partial charge in [-0.3, -0.25) is 0 Å². The summed E-state index contributed by atoms with van der Waals surface area (Å²) in [6.07, 6.45) is 2.05. The zero-order chi connectivity index (χ0) is 20.1. The molecule has 2 heteroatoms. The summed E-state index contributed by atoms with van der Waals surface area (Å²) < 4.78 is 10.0. The molecule has 0 bridgehead atoms. The van der Waals surface area contributed by atoms with Crippen LogP contribution in [0.2, 0.25) is 17.3 Å². The van der Waals surface area contributed by atoms with Gasteiger partial charge in [-0.1, -0.05) is 0 Å². The molecule has 27 heavy (non-hydrogen) atoms. The van der Waals surface area contributed by atoms with Gasteiger partial charge in [0.05, 0.1) is 0 Å². The fourth-order valence-electron chi connectivity index (χ4n) is 3.80. The minimum absolute atomic E-state index is 0.626. The van der Waals surface area contributed by atoms with E-state index in [9.17, 15) is 0 Å². The van der Waals surface area contributed by atoms with Gasteiger partial charge in [0.15, 0.2) is 0 Å². The summed E-state index contributed by atoms with van der Waals surface area (Å²) in [6, 6.07) is 21.6. The van der Waals surface area contributed by atoms with Crippen molar-refractivity contribution in [2.45, 2.75) is 37.0 Å². The van der Waals surface area contributed by atoms with Crippen molar-refractivity contribution in [3.8, 4) is 11.3 Å². The number of fused-ring (bicyclic) bond motifs is 3. The molecule has 0 spiro atoms. The Morgan fingerprint density at radius 2 is 1.56 bits per heavy atom. The molecule has 1 heterocycles. The van der Waals surface area contributed by atoms with Crippen LogP contribution >= 0.6 is 0 Å². The first-order chi connectivity index (χ1) is 13.1. The maximum atomic E-state index is 8.68. The van der Waals surface area contributed by atoms with Crippen molar-refractivity contribution in [2.75, 3.05) is 0 Å². The number of aromatic nitrogens is 1. The Morgan fingerprint density at radius 3 is 2.30 bits per heavy atom. The van der Waals surface area contributed by atoms with Crippen LogP contribution in [0, 0.1) is 0 Å². The van der Waals surface area contributed by atoms with E-state index in [1.807, 2.05) is 20.0 Å². The van der Waals surface area contributed by atoms with Crippen molar-refractivity contribution < 1.29 is 1.37 Å². The Labute approximate surface area is 166 Å². The Hall–Kier alpha value is -2.13. The van der Waals surface area contributed by atoms with Gasteiger partial charge in [-0.25, -0.2) is 0 Å². The van der Waals surface area contributed by atoms with Crippen molar-refractivity contribution in [3.63, 3.8) is 0 Å². The molecular formula is C25H27GeN. The molecule has 4 aromatic rings. The average Bonchev–Trinajstić information content (AvgIpc) is 2.65. The summed E-state index contributed by atoms with van der Waals surface area (Å²) >= 11 is -2.10. The first kappa shape index (κ1) is 17.0. The SMILES string of the molecule is [2H]C(C)(C)c1cc(-c2ccc3c(ccc4ccccc43)c2)nc[c]1[Ge]([CH3])([CH3])[CH3]. The number of nitrogens with zero attached hydrogens (tertiary/aromatic N) is 1. The predicted octanol–water partition coefficient (Wildman–Crippen LogP) is 6.72. The van der Waals surface area contributed by atoms with Gasteiger partial charge in [0.25, 0.3) is 0 Å². The Balaban J connectivity index is 1.89. The topological polar surface area (TPSA) is 12.9 Å². The molecule has 0 atom stereocenters. The van der Waals surface area contributed by atoms with E-state index in [1.165, 1.54) is 25.9 Å². The Bertz CT molecular complexity index is 1180. The zero-order valence-corrected chi connectivity index (χ0v) is 18.9. The second-order valence-electron chi connectivity index (χ2n) is 8.59. The third-order valence-corrected chi connectivity index (χ3v) is 9.52. The van der Waals surface area contributed by atoms with Gasteiger partial charge in [-0.2, -0.15) is 0 Å². The van der Waals surface area contributed by atoms with Crippen LogP contribution < -0.4 is 4.40 Å². The van der Waals surface area contributed by atoms with E-state index in [0.29, 0.717) is 0 Å². The zero-order valence-electron chi connectivity index (χ0n) is 17.8. The summed E-state index contributed by atoms with van der Waals surface area (Å²) in [5.41, 5.74) is 3.20. The fraction of sp³-hybridized carbons (Fsp3) is 0.240. The first-order valence-corrected chi connectivity index (χ1v) is 16.9. The molecule has 0 fully saturated rings. The van der Waals surface area contributed by atoms with E-state index in [4.69, 9.17) is 6.35 Å². The second-order valence-corrected chi connectivity index (χ2v) is 19.2. The molecule has 136 valence electrons. The number of pyridine rings is 1. The van der Waals surface area contributed by atoms with Gasteiger partial charge in [0.2, 0.25) is 0 Å². The Kier molecular flexibility index (Phi) is 4.28. The predicted molar refractivity (Wildman–Crippen MR) is 122 cm³/mol. The van der Waals surface area contributed by atoms with Gasteiger partial charge < -0.3 is 0 Å². The quantitative estimate of drug-likeness (QED) is 0.267. The maximum absolute atomic E-state index is 8.68. The van der Waals surface area contributed by atoms with Gasteiger partial charge in [0, 0.05) is 0 Å². The van der Waals surface area contributed by atoms with Crippen LogP contribution in [-0.4, -0.2) is 18.3 Å². The van der Waals surface area contributed by atoms with Crippen LogP contribution in [0.3, 0.4) is 0 Å². The van der Waals surface area contributed by atoms with Crippen LogP contribution in [0.25, 0.3) is 32.8 Å². The molecule has 0 N–H and O–H groups in total. The third kappa shape index (κ3) is 3.41. The van der Waals surface area contributed by atoms with Crippen molar-refractivity contribution in [3.05, 3.63) is 72.4 Å². The monoisotopic (exact) mass is 416 g/mol. The van der Waals surface area contributed by atoms with E-state index >= 15 is 0 Å². The summed E-state index contributed by atoms with van der Waals surface area (Å²) in [4.78, 5) is 4.82. The summed E-state index contributed by atoms with van der Waals surface area (Å²) in [7, 11) is 0. The van der Waals surface area contributed by atoms with Crippen LogP contribution in [0.4, 0.5) is 0 Å². The average molecular weight is 415 g/mol. The third-order valence-electron chi connectivity index (χ3n) is 5.29. The molecule has 0 radical (unpaired) electrons. The van der Waals surface area contributed by atoms with Crippen molar-refractivity contribution >= 4 is 39.2 Å². The molecule has 0 aliphatic carbocycles. The van der Waals surface area contributed by atoms with Gasteiger partial charge in [-0.05, 0) is 0 Å². The summed E-state index contributed by atoms with van der Waals surface area (Å²) in [5, 5.41) is 5.04. The Morgan fingerprint density at radius 1 is 0.852 bits per heavy atom. The van der Waals surface area contributed by atoms with E-state index in [0.717, 1.165) is 16.8 Å². The first-order valence-electron chi connectivity index (χ1n) is 10.1. The van der Waals surface area contributed by atoms with Crippen LogP contribution in [-0.2, 0) is 0 Å². The molecule has 0 unspecified atom stereocenters. The van der Waals surface area contributed by atoms with Crippen molar-refractivity contribution in [1.29, 1.82) is 0 Å².